The Balaban J connectivity index is 1.92. The van der Waals surface area contributed by atoms with Gasteiger partial charge in [-0.05, 0) is 18.1 Å². The van der Waals surface area contributed by atoms with Gasteiger partial charge in [-0.15, -0.1) is 5.10 Å². The summed E-state index contributed by atoms with van der Waals surface area (Å²) in [6, 6.07) is 8.50. The summed E-state index contributed by atoms with van der Waals surface area (Å²) in [6.45, 7) is 15.2. The summed E-state index contributed by atoms with van der Waals surface area (Å²) in [7, 11) is -2.96. The Labute approximate surface area is 146 Å². The van der Waals surface area contributed by atoms with Gasteiger partial charge in [0.05, 0.1) is 5.32 Å². The Morgan fingerprint density at radius 2 is 1.71 bits per heavy atom. The van der Waals surface area contributed by atoms with E-state index in [1.165, 1.54) is 27.1 Å². The van der Waals surface area contributed by atoms with Crippen molar-refractivity contribution in [2.24, 2.45) is 0 Å². The third-order valence-electron chi connectivity index (χ3n) is 4.42. The molecule has 2 heterocycles. The molecule has 0 aliphatic carbocycles. The van der Waals surface area contributed by atoms with E-state index in [1.54, 1.807) is 0 Å². The molecule has 0 amide bonds. The summed E-state index contributed by atoms with van der Waals surface area (Å²) >= 11 is 0. The van der Waals surface area contributed by atoms with Crippen molar-refractivity contribution in [3.8, 4) is 0 Å². The molecule has 0 fully saturated rings. The van der Waals surface area contributed by atoms with Crippen LogP contribution in [-0.2, 0) is 13.0 Å². The number of hydrogen-bond donors (Lipinski definition) is 1. The second kappa shape index (κ2) is 6.00. The number of aryl methyl sites for hydroxylation is 2. The van der Waals surface area contributed by atoms with E-state index in [9.17, 15) is 0 Å². The number of rotatable bonds is 5. The number of nitrogens with zero attached hydrogens (tertiary/aromatic N) is 3. The molecule has 0 saturated heterocycles. The number of aromatic nitrogens is 4. The molecule has 128 valence electrons. The van der Waals surface area contributed by atoms with Crippen LogP contribution < -0.4 is 10.6 Å². The van der Waals surface area contributed by atoms with E-state index in [2.05, 4.69) is 89.7 Å². The van der Waals surface area contributed by atoms with Crippen LogP contribution >= 0.6 is 0 Å². The highest BCUT2D eigenvalue weighted by atomic mass is 28.3. The van der Waals surface area contributed by atoms with Crippen molar-refractivity contribution in [1.29, 1.82) is 0 Å². The minimum Gasteiger partial charge on any atom is -0.361 e. The van der Waals surface area contributed by atoms with Gasteiger partial charge < -0.3 is 4.98 Å². The zero-order chi connectivity index (χ0) is 17.5. The lowest BCUT2D eigenvalue weighted by molar-refractivity contribution is 0.601. The standard InChI is InChI=1S/C18H28N4Si2/c1-23(2,3)17-18(24(4,5)6)22(21-20-17)12-11-14-13-19-16-10-8-7-9-15(14)16/h7-10,13,19H,11-12H2,1-6H3. The highest BCUT2D eigenvalue weighted by Crippen LogP contribution is 2.18. The van der Waals surface area contributed by atoms with E-state index in [-0.39, 0.29) is 0 Å². The van der Waals surface area contributed by atoms with Crippen molar-refractivity contribution in [3.05, 3.63) is 36.0 Å². The van der Waals surface area contributed by atoms with Crippen molar-refractivity contribution in [2.75, 3.05) is 0 Å². The number of hydrogen-bond acceptors (Lipinski definition) is 2. The molecule has 0 bridgehead atoms. The van der Waals surface area contributed by atoms with Gasteiger partial charge in [-0.1, -0.05) is 62.7 Å². The van der Waals surface area contributed by atoms with E-state index < -0.39 is 16.1 Å². The average molecular weight is 357 g/mol. The van der Waals surface area contributed by atoms with Crippen LogP contribution in [-0.4, -0.2) is 36.1 Å². The fourth-order valence-electron chi connectivity index (χ4n) is 3.28. The average Bonchev–Trinajstić information content (AvgIpc) is 3.08. The lowest BCUT2D eigenvalue weighted by Gasteiger charge is -2.23. The van der Waals surface area contributed by atoms with Crippen LogP contribution in [0.3, 0.4) is 0 Å². The van der Waals surface area contributed by atoms with Crippen LogP contribution in [0.25, 0.3) is 10.9 Å². The molecule has 3 rings (SSSR count). The molecule has 0 aliphatic heterocycles. The molecular weight excluding hydrogens is 328 g/mol. The lowest BCUT2D eigenvalue weighted by atomic mass is 10.1. The van der Waals surface area contributed by atoms with Gasteiger partial charge >= 0.3 is 0 Å². The zero-order valence-electron chi connectivity index (χ0n) is 15.6. The summed E-state index contributed by atoms with van der Waals surface area (Å²) in [4.78, 5) is 3.37. The molecular formula is C18H28N4Si2. The molecule has 0 atom stereocenters. The van der Waals surface area contributed by atoms with Gasteiger partial charge in [0.2, 0.25) is 0 Å². The smallest absolute Gasteiger partial charge is 0.106 e. The van der Waals surface area contributed by atoms with Crippen molar-refractivity contribution in [2.45, 2.75) is 52.2 Å². The number of aromatic amines is 1. The van der Waals surface area contributed by atoms with E-state index in [0.717, 1.165) is 13.0 Å². The van der Waals surface area contributed by atoms with Gasteiger partial charge in [0.15, 0.2) is 0 Å². The molecule has 1 N–H and O–H groups in total. The van der Waals surface area contributed by atoms with Gasteiger partial charge in [-0.25, -0.2) is 0 Å². The van der Waals surface area contributed by atoms with Crippen LogP contribution in [0.2, 0.25) is 39.3 Å². The van der Waals surface area contributed by atoms with E-state index in [1.807, 2.05) is 0 Å². The molecule has 24 heavy (non-hydrogen) atoms. The summed E-state index contributed by atoms with van der Waals surface area (Å²) in [5, 5.41) is 13.2. The highest BCUT2D eigenvalue weighted by molar-refractivity contribution is 6.97. The summed E-state index contributed by atoms with van der Waals surface area (Å²) < 4.78 is 2.20. The fourth-order valence-corrected chi connectivity index (χ4v) is 8.41. The maximum Gasteiger partial charge on any atom is 0.106 e. The molecule has 0 spiro atoms. The van der Waals surface area contributed by atoms with Crippen molar-refractivity contribution < 1.29 is 0 Å². The number of nitrogens with one attached hydrogen (secondary N) is 1. The molecule has 3 aromatic rings. The lowest BCUT2D eigenvalue weighted by Crippen LogP contribution is -2.58. The monoisotopic (exact) mass is 356 g/mol. The maximum atomic E-state index is 4.62. The Bertz CT molecular complexity index is 850. The molecule has 0 saturated carbocycles. The largest absolute Gasteiger partial charge is 0.361 e. The quantitative estimate of drug-likeness (QED) is 0.714. The van der Waals surface area contributed by atoms with Crippen LogP contribution in [0.1, 0.15) is 5.56 Å². The fraction of sp³-hybridized carbons (Fsp3) is 0.444. The Kier molecular flexibility index (Phi) is 4.29. The zero-order valence-corrected chi connectivity index (χ0v) is 17.6. The molecule has 0 unspecified atom stereocenters. The second-order valence-corrected chi connectivity index (χ2v) is 18.6. The van der Waals surface area contributed by atoms with Crippen molar-refractivity contribution in [1.82, 2.24) is 20.0 Å². The van der Waals surface area contributed by atoms with Gasteiger partial charge in [-0.2, -0.15) is 0 Å². The Morgan fingerprint density at radius 3 is 2.38 bits per heavy atom. The number of H-pyrrole nitrogens is 1. The van der Waals surface area contributed by atoms with Crippen LogP contribution in [0.15, 0.2) is 30.5 Å². The van der Waals surface area contributed by atoms with Crippen molar-refractivity contribution >= 4 is 37.7 Å². The Morgan fingerprint density at radius 1 is 1.00 bits per heavy atom. The van der Waals surface area contributed by atoms with Gasteiger partial charge in [-0.3, -0.25) is 4.68 Å². The van der Waals surface area contributed by atoms with Gasteiger partial charge in [0.1, 0.15) is 16.1 Å². The third-order valence-corrected chi connectivity index (χ3v) is 8.35. The minimum atomic E-state index is -1.49. The minimum absolute atomic E-state index is 0.902. The third kappa shape index (κ3) is 3.25. The Hall–Kier alpha value is -1.67. The predicted octanol–water partition coefficient (Wildman–Crippen LogP) is 3.09. The first-order chi connectivity index (χ1) is 11.2. The molecule has 2 aromatic heterocycles. The normalized spacial score (nSPS) is 12.9. The molecule has 6 heteroatoms. The topological polar surface area (TPSA) is 46.5 Å². The predicted molar refractivity (Wildman–Crippen MR) is 108 cm³/mol. The van der Waals surface area contributed by atoms with Crippen LogP contribution in [0, 0.1) is 0 Å². The number of para-hydroxylation sites is 1. The summed E-state index contributed by atoms with van der Waals surface area (Å²) in [5.74, 6) is 0. The van der Waals surface area contributed by atoms with E-state index in [4.69, 9.17) is 0 Å². The SMILES string of the molecule is C[Si](C)(C)c1nnn(CCc2c[nH]c3ccccc23)c1[Si](C)(C)C. The summed E-state index contributed by atoms with van der Waals surface area (Å²) in [6.07, 6.45) is 3.12. The molecule has 1 aromatic carbocycles. The maximum absolute atomic E-state index is 4.62. The first kappa shape index (κ1) is 17.2. The molecule has 0 aliphatic rings. The van der Waals surface area contributed by atoms with Crippen LogP contribution in [0.5, 0.6) is 0 Å². The van der Waals surface area contributed by atoms with E-state index in [0.29, 0.717) is 0 Å². The van der Waals surface area contributed by atoms with Gasteiger partial charge in [0.25, 0.3) is 0 Å². The first-order valence-corrected chi connectivity index (χ1v) is 15.7. The number of fused-ring (bicyclic) bond motifs is 1. The summed E-state index contributed by atoms with van der Waals surface area (Å²) in [5.41, 5.74) is 2.57. The molecule has 0 radical (unpaired) electrons. The van der Waals surface area contributed by atoms with Crippen molar-refractivity contribution in [3.63, 3.8) is 0 Å². The van der Waals surface area contributed by atoms with Crippen LogP contribution in [0.4, 0.5) is 0 Å². The first-order valence-electron chi connectivity index (χ1n) is 8.67. The number of benzene rings is 1. The van der Waals surface area contributed by atoms with Gasteiger partial charge in [0, 0.05) is 29.0 Å². The second-order valence-electron chi connectivity index (χ2n) is 8.62. The highest BCUT2D eigenvalue weighted by Gasteiger charge is 2.33. The molecule has 4 nitrogen and oxygen atoms in total. The van der Waals surface area contributed by atoms with E-state index >= 15 is 0 Å².